The molecule has 0 saturated carbocycles. The SMILES string of the molecule is O=C(O)c1cccnc1-n1[nH]nnc1=S. The van der Waals surface area contributed by atoms with E-state index in [-0.39, 0.29) is 16.2 Å². The monoisotopic (exact) mass is 223 g/mol. The van der Waals surface area contributed by atoms with Crippen molar-refractivity contribution < 1.29 is 9.90 Å². The lowest BCUT2D eigenvalue weighted by Gasteiger charge is -2.02. The first-order valence-corrected chi connectivity index (χ1v) is 4.30. The summed E-state index contributed by atoms with van der Waals surface area (Å²) < 4.78 is 1.34. The van der Waals surface area contributed by atoms with Gasteiger partial charge in [0.15, 0.2) is 5.82 Å². The molecule has 8 heteroatoms. The van der Waals surface area contributed by atoms with Gasteiger partial charge in [0.05, 0.1) is 0 Å². The van der Waals surface area contributed by atoms with Crippen LogP contribution >= 0.6 is 12.2 Å². The number of pyridine rings is 1. The van der Waals surface area contributed by atoms with Gasteiger partial charge in [0, 0.05) is 6.20 Å². The molecule has 0 fully saturated rings. The fraction of sp³-hybridized carbons (Fsp3) is 0. The lowest BCUT2D eigenvalue weighted by atomic mass is 10.2. The number of rotatable bonds is 2. The summed E-state index contributed by atoms with van der Waals surface area (Å²) in [6.45, 7) is 0. The Labute approximate surface area is 88.4 Å². The minimum Gasteiger partial charge on any atom is -0.478 e. The highest BCUT2D eigenvalue weighted by Gasteiger charge is 2.13. The predicted molar refractivity (Wildman–Crippen MR) is 51.3 cm³/mol. The fourth-order valence-electron chi connectivity index (χ4n) is 1.08. The molecule has 0 unspecified atom stereocenters. The van der Waals surface area contributed by atoms with Crippen molar-refractivity contribution in [3.63, 3.8) is 0 Å². The third-order valence-electron chi connectivity index (χ3n) is 1.70. The van der Waals surface area contributed by atoms with Crippen molar-refractivity contribution in [2.75, 3.05) is 0 Å². The molecule has 76 valence electrons. The van der Waals surface area contributed by atoms with E-state index in [2.05, 4.69) is 20.5 Å². The molecule has 0 aromatic carbocycles. The van der Waals surface area contributed by atoms with E-state index in [0.29, 0.717) is 0 Å². The summed E-state index contributed by atoms with van der Waals surface area (Å²) in [7, 11) is 0. The van der Waals surface area contributed by atoms with Gasteiger partial charge in [-0.3, -0.25) is 0 Å². The molecule has 0 atom stereocenters. The fourth-order valence-corrected chi connectivity index (χ4v) is 1.25. The van der Waals surface area contributed by atoms with Crippen molar-refractivity contribution in [3.05, 3.63) is 28.7 Å². The topological polar surface area (TPSA) is 96.7 Å². The molecular formula is C7H5N5O2S. The van der Waals surface area contributed by atoms with Crippen molar-refractivity contribution in [1.29, 1.82) is 0 Å². The van der Waals surface area contributed by atoms with Crippen molar-refractivity contribution in [2.45, 2.75) is 0 Å². The number of carboxylic acids is 1. The molecule has 2 aromatic rings. The lowest BCUT2D eigenvalue weighted by Crippen LogP contribution is -2.08. The second kappa shape index (κ2) is 3.58. The van der Waals surface area contributed by atoms with Crippen molar-refractivity contribution in [3.8, 4) is 5.82 Å². The van der Waals surface area contributed by atoms with Crippen LogP contribution < -0.4 is 0 Å². The van der Waals surface area contributed by atoms with Gasteiger partial charge in [-0.2, -0.15) is 9.90 Å². The van der Waals surface area contributed by atoms with Gasteiger partial charge in [0.25, 0.3) is 0 Å². The molecule has 0 bridgehead atoms. The maximum atomic E-state index is 10.9. The summed E-state index contributed by atoms with van der Waals surface area (Å²) in [5, 5.41) is 18.3. The number of hydrogen-bond acceptors (Lipinski definition) is 5. The van der Waals surface area contributed by atoms with E-state index in [9.17, 15) is 4.79 Å². The maximum Gasteiger partial charge on any atom is 0.339 e. The molecule has 2 rings (SSSR count). The van der Waals surface area contributed by atoms with Gasteiger partial charge in [-0.25, -0.2) is 9.78 Å². The molecule has 15 heavy (non-hydrogen) atoms. The Hall–Kier alpha value is -2.09. The number of carboxylic acid groups (broad SMARTS) is 1. The van der Waals surface area contributed by atoms with Crippen LogP contribution in [0.2, 0.25) is 0 Å². The smallest absolute Gasteiger partial charge is 0.339 e. The van der Waals surface area contributed by atoms with Crippen LogP contribution in [0.25, 0.3) is 5.82 Å². The lowest BCUT2D eigenvalue weighted by molar-refractivity contribution is 0.0696. The van der Waals surface area contributed by atoms with Crippen LogP contribution in [0.15, 0.2) is 18.3 Å². The molecular weight excluding hydrogens is 218 g/mol. The van der Waals surface area contributed by atoms with E-state index in [1.165, 1.54) is 23.0 Å². The number of nitrogens with zero attached hydrogens (tertiary/aromatic N) is 4. The third-order valence-corrected chi connectivity index (χ3v) is 1.96. The number of tetrazole rings is 1. The van der Waals surface area contributed by atoms with Gasteiger partial charge in [-0.05, 0) is 24.4 Å². The number of H-pyrrole nitrogens is 1. The zero-order chi connectivity index (χ0) is 10.8. The van der Waals surface area contributed by atoms with Crippen molar-refractivity contribution in [1.82, 2.24) is 25.2 Å². The Bertz CT molecular complexity index is 560. The zero-order valence-corrected chi connectivity index (χ0v) is 8.10. The highest BCUT2D eigenvalue weighted by molar-refractivity contribution is 7.71. The first-order chi connectivity index (χ1) is 7.20. The summed E-state index contributed by atoms with van der Waals surface area (Å²) >= 11 is 4.84. The van der Waals surface area contributed by atoms with Gasteiger partial charge >= 0.3 is 5.97 Å². The van der Waals surface area contributed by atoms with E-state index in [0.717, 1.165) is 0 Å². The highest BCUT2D eigenvalue weighted by atomic mass is 32.1. The maximum absolute atomic E-state index is 10.9. The Balaban J connectivity index is 2.68. The van der Waals surface area contributed by atoms with Crippen LogP contribution in [-0.2, 0) is 0 Å². The first kappa shape index (κ1) is 9.46. The summed E-state index contributed by atoms with van der Waals surface area (Å²) in [5.41, 5.74) is 0.0275. The van der Waals surface area contributed by atoms with Crippen LogP contribution in [0.1, 0.15) is 10.4 Å². The molecule has 0 aliphatic rings. The molecule has 2 aromatic heterocycles. The standard InChI is InChI=1S/C7H5N5O2S/c13-6(14)4-2-1-3-8-5(4)12-7(15)9-10-11-12/h1-3H,(H,13,14)(H,9,11,15). The number of aromatic amines is 1. The molecule has 0 spiro atoms. The Kier molecular flexibility index (Phi) is 2.26. The van der Waals surface area contributed by atoms with E-state index in [1.54, 1.807) is 0 Å². The Morgan fingerprint density at radius 1 is 1.60 bits per heavy atom. The van der Waals surface area contributed by atoms with Crippen molar-refractivity contribution >= 4 is 18.2 Å². The highest BCUT2D eigenvalue weighted by Crippen LogP contribution is 2.09. The van der Waals surface area contributed by atoms with E-state index in [4.69, 9.17) is 17.3 Å². The van der Waals surface area contributed by atoms with Gasteiger partial charge in [-0.1, -0.05) is 10.3 Å². The molecule has 7 nitrogen and oxygen atoms in total. The predicted octanol–water partition coefficient (Wildman–Crippen LogP) is 0.418. The average Bonchev–Trinajstić information content (AvgIpc) is 2.64. The van der Waals surface area contributed by atoms with Crippen molar-refractivity contribution in [2.24, 2.45) is 0 Å². The second-order valence-corrected chi connectivity index (χ2v) is 2.96. The minimum absolute atomic E-state index is 0.0275. The van der Waals surface area contributed by atoms with Crippen LogP contribution in [0.4, 0.5) is 0 Å². The minimum atomic E-state index is -1.09. The molecule has 0 radical (unpaired) electrons. The Morgan fingerprint density at radius 3 is 3.00 bits per heavy atom. The Morgan fingerprint density at radius 2 is 2.40 bits per heavy atom. The van der Waals surface area contributed by atoms with Gasteiger partial charge in [0.1, 0.15) is 5.56 Å². The van der Waals surface area contributed by atoms with Crippen LogP contribution in [0.5, 0.6) is 0 Å². The molecule has 0 amide bonds. The van der Waals surface area contributed by atoms with Crippen LogP contribution in [0, 0.1) is 4.77 Å². The number of aromatic carboxylic acids is 1. The number of carbonyl (C=O) groups is 1. The molecule has 0 saturated heterocycles. The summed E-state index contributed by atoms with van der Waals surface area (Å²) in [5.74, 6) is -0.922. The summed E-state index contributed by atoms with van der Waals surface area (Å²) in [4.78, 5) is 14.8. The number of aromatic nitrogens is 5. The molecule has 2 heterocycles. The van der Waals surface area contributed by atoms with Crippen LogP contribution in [0.3, 0.4) is 0 Å². The first-order valence-electron chi connectivity index (χ1n) is 3.89. The van der Waals surface area contributed by atoms with Gasteiger partial charge in [-0.15, -0.1) is 0 Å². The third kappa shape index (κ3) is 1.62. The van der Waals surface area contributed by atoms with Gasteiger partial charge < -0.3 is 5.11 Å². The van der Waals surface area contributed by atoms with Gasteiger partial charge in [0.2, 0.25) is 4.77 Å². The van der Waals surface area contributed by atoms with E-state index in [1.807, 2.05) is 0 Å². The number of hydrogen-bond donors (Lipinski definition) is 2. The molecule has 0 aliphatic heterocycles. The molecule has 0 aliphatic carbocycles. The summed E-state index contributed by atoms with van der Waals surface area (Å²) in [6, 6.07) is 2.95. The number of nitrogens with one attached hydrogen (secondary N) is 1. The zero-order valence-electron chi connectivity index (χ0n) is 7.28. The van der Waals surface area contributed by atoms with E-state index < -0.39 is 5.97 Å². The average molecular weight is 223 g/mol. The second-order valence-electron chi connectivity index (χ2n) is 2.60. The normalized spacial score (nSPS) is 10.1. The quantitative estimate of drug-likeness (QED) is 0.716. The summed E-state index contributed by atoms with van der Waals surface area (Å²) in [6.07, 6.45) is 1.46. The molecule has 2 N–H and O–H groups in total. The largest absolute Gasteiger partial charge is 0.478 e. The van der Waals surface area contributed by atoms with Crippen LogP contribution in [-0.4, -0.2) is 36.3 Å². The van der Waals surface area contributed by atoms with E-state index >= 15 is 0 Å².